The van der Waals surface area contributed by atoms with E-state index in [1.807, 2.05) is 31.2 Å². The first-order valence-electron chi connectivity index (χ1n) is 9.14. The summed E-state index contributed by atoms with van der Waals surface area (Å²) in [6, 6.07) is 8.96. The average molecular weight is 424 g/mol. The maximum atomic E-state index is 12.9. The predicted molar refractivity (Wildman–Crippen MR) is 110 cm³/mol. The Morgan fingerprint density at radius 1 is 1.25 bits per heavy atom. The van der Waals surface area contributed by atoms with E-state index in [1.54, 1.807) is 23.8 Å². The first-order chi connectivity index (χ1) is 13.5. The van der Waals surface area contributed by atoms with E-state index in [9.17, 15) is 13.2 Å². The van der Waals surface area contributed by atoms with Crippen molar-refractivity contribution in [1.82, 2.24) is 14.2 Å². The molecule has 1 aliphatic rings. The summed E-state index contributed by atoms with van der Waals surface area (Å²) in [7, 11) is -1.96. The number of nitrogens with zero attached hydrogens (tertiary/aromatic N) is 2. The summed E-state index contributed by atoms with van der Waals surface area (Å²) in [5.74, 6) is 2.12. The number of sulfonamides is 1. The second kappa shape index (κ2) is 9.02. The Morgan fingerprint density at radius 3 is 2.54 bits per heavy atom. The van der Waals surface area contributed by atoms with Crippen LogP contribution in [0.2, 0.25) is 0 Å². The highest BCUT2D eigenvalue weighted by molar-refractivity contribution is 7.99. The monoisotopic (exact) mass is 423 g/mol. The molecule has 0 saturated carbocycles. The van der Waals surface area contributed by atoms with Gasteiger partial charge in [0.1, 0.15) is 16.3 Å². The van der Waals surface area contributed by atoms with E-state index in [0.717, 1.165) is 22.8 Å². The molecule has 0 atom stereocenters. The van der Waals surface area contributed by atoms with E-state index in [0.29, 0.717) is 26.2 Å². The van der Waals surface area contributed by atoms with Crippen LogP contribution in [0.4, 0.5) is 0 Å². The van der Waals surface area contributed by atoms with Gasteiger partial charge in [0.15, 0.2) is 0 Å². The first kappa shape index (κ1) is 20.8. The first-order valence-corrected chi connectivity index (χ1v) is 11.7. The maximum Gasteiger partial charge on any atom is 0.270 e. The Labute approximate surface area is 170 Å². The second-order valence-electron chi connectivity index (χ2n) is 6.43. The third-order valence-corrected chi connectivity index (χ3v) is 7.52. The zero-order chi connectivity index (χ0) is 20.1. The van der Waals surface area contributed by atoms with Gasteiger partial charge in [-0.1, -0.05) is 12.1 Å². The number of amides is 1. The third kappa shape index (κ3) is 4.53. The topological polar surface area (TPSA) is 82.7 Å². The molecule has 2 aromatic rings. The highest BCUT2D eigenvalue weighted by Crippen LogP contribution is 2.22. The lowest BCUT2D eigenvalue weighted by atomic mass is 10.2. The van der Waals surface area contributed by atoms with E-state index < -0.39 is 10.0 Å². The van der Waals surface area contributed by atoms with Crippen LogP contribution in [-0.4, -0.2) is 66.8 Å². The Hall–Kier alpha value is -1.97. The predicted octanol–water partition coefficient (Wildman–Crippen LogP) is 2.42. The number of hydrogen-bond acceptors (Lipinski definition) is 5. The van der Waals surface area contributed by atoms with E-state index in [1.165, 1.54) is 16.6 Å². The standard InChI is InChI=1S/C19H25N3O4S2/c1-3-21(14-15-4-6-16(26-2)7-5-15)19(23)18-12-17(13-20-18)28(24,25)22-8-10-27-11-9-22/h4-7,12-13,20H,3,8-11,14H2,1-2H3. The van der Waals surface area contributed by atoms with Crippen LogP contribution in [0.5, 0.6) is 5.75 Å². The molecule has 1 aromatic carbocycles. The summed E-state index contributed by atoms with van der Waals surface area (Å²) in [6.45, 7) is 3.84. The number of hydrogen-bond donors (Lipinski definition) is 1. The summed E-state index contributed by atoms with van der Waals surface area (Å²) < 4.78 is 32.2. The molecule has 152 valence electrons. The summed E-state index contributed by atoms with van der Waals surface area (Å²) in [5.41, 5.74) is 1.25. The van der Waals surface area contributed by atoms with Crippen LogP contribution in [0.25, 0.3) is 0 Å². The number of aromatic nitrogens is 1. The van der Waals surface area contributed by atoms with Crippen LogP contribution in [0.3, 0.4) is 0 Å². The van der Waals surface area contributed by atoms with Crippen molar-refractivity contribution in [2.75, 3.05) is 38.2 Å². The van der Waals surface area contributed by atoms with E-state index >= 15 is 0 Å². The lowest BCUT2D eigenvalue weighted by molar-refractivity contribution is 0.0747. The molecule has 7 nitrogen and oxygen atoms in total. The Morgan fingerprint density at radius 2 is 1.93 bits per heavy atom. The minimum Gasteiger partial charge on any atom is -0.497 e. The molecule has 0 spiro atoms. The van der Waals surface area contributed by atoms with Crippen LogP contribution in [-0.2, 0) is 16.6 Å². The second-order valence-corrected chi connectivity index (χ2v) is 9.60. The van der Waals surface area contributed by atoms with E-state index in [-0.39, 0.29) is 16.5 Å². The highest BCUT2D eigenvalue weighted by Gasteiger charge is 2.28. The van der Waals surface area contributed by atoms with Crippen LogP contribution < -0.4 is 4.74 Å². The molecule has 1 aromatic heterocycles. The number of carbonyl (C=O) groups excluding carboxylic acids is 1. The summed E-state index contributed by atoms with van der Waals surface area (Å²) in [4.78, 5) is 17.5. The number of rotatable bonds is 7. The van der Waals surface area contributed by atoms with Crippen LogP contribution in [0.15, 0.2) is 41.4 Å². The van der Waals surface area contributed by atoms with Crippen molar-refractivity contribution < 1.29 is 17.9 Å². The molecule has 28 heavy (non-hydrogen) atoms. The van der Waals surface area contributed by atoms with Gasteiger partial charge in [-0.3, -0.25) is 4.79 Å². The minimum atomic E-state index is -3.57. The summed E-state index contributed by atoms with van der Waals surface area (Å²) in [6.07, 6.45) is 1.41. The molecule has 0 aliphatic carbocycles. The minimum absolute atomic E-state index is 0.142. The molecule has 0 radical (unpaired) electrons. The van der Waals surface area contributed by atoms with Gasteiger partial charge in [-0.15, -0.1) is 0 Å². The summed E-state index contributed by atoms with van der Waals surface area (Å²) in [5, 5.41) is 0. The van der Waals surface area contributed by atoms with Crippen molar-refractivity contribution in [3.8, 4) is 5.75 Å². The smallest absolute Gasteiger partial charge is 0.270 e. The van der Waals surface area contributed by atoms with Crippen LogP contribution in [0, 0.1) is 0 Å². The fourth-order valence-electron chi connectivity index (χ4n) is 3.03. The van der Waals surface area contributed by atoms with Crippen molar-refractivity contribution in [3.05, 3.63) is 47.8 Å². The van der Waals surface area contributed by atoms with Crippen LogP contribution >= 0.6 is 11.8 Å². The molecule has 0 unspecified atom stereocenters. The van der Waals surface area contributed by atoms with Gasteiger partial charge in [0, 0.05) is 43.9 Å². The SMILES string of the molecule is CCN(Cc1ccc(OC)cc1)C(=O)c1cc(S(=O)(=O)N2CCSCC2)c[nH]1. The van der Waals surface area contributed by atoms with Crippen molar-refractivity contribution >= 4 is 27.7 Å². The number of carbonyl (C=O) groups is 1. The molecule has 9 heteroatoms. The largest absolute Gasteiger partial charge is 0.497 e. The zero-order valence-corrected chi connectivity index (χ0v) is 17.7. The van der Waals surface area contributed by atoms with Gasteiger partial charge in [0.2, 0.25) is 10.0 Å². The molecule has 3 rings (SSSR count). The quantitative estimate of drug-likeness (QED) is 0.740. The van der Waals surface area contributed by atoms with Gasteiger partial charge in [-0.05, 0) is 30.7 Å². The maximum absolute atomic E-state index is 12.9. The van der Waals surface area contributed by atoms with Gasteiger partial charge in [-0.25, -0.2) is 8.42 Å². The Bertz CT molecular complexity index is 904. The number of methoxy groups -OCH3 is 1. The fraction of sp³-hybridized carbons (Fsp3) is 0.421. The zero-order valence-electron chi connectivity index (χ0n) is 16.1. The number of H-pyrrole nitrogens is 1. The van der Waals surface area contributed by atoms with Crippen molar-refractivity contribution in [1.29, 1.82) is 0 Å². The Balaban J connectivity index is 1.74. The number of ether oxygens (including phenoxy) is 1. The van der Waals surface area contributed by atoms with Gasteiger partial charge < -0.3 is 14.6 Å². The number of aromatic amines is 1. The van der Waals surface area contributed by atoms with E-state index in [2.05, 4.69) is 4.98 Å². The third-order valence-electron chi connectivity index (χ3n) is 4.70. The van der Waals surface area contributed by atoms with Gasteiger partial charge in [-0.2, -0.15) is 16.1 Å². The molecule has 2 heterocycles. The molecule has 1 saturated heterocycles. The highest BCUT2D eigenvalue weighted by atomic mass is 32.2. The normalized spacial score (nSPS) is 15.4. The molecular weight excluding hydrogens is 398 g/mol. The Kier molecular flexibility index (Phi) is 6.69. The van der Waals surface area contributed by atoms with Crippen molar-refractivity contribution in [3.63, 3.8) is 0 Å². The lowest BCUT2D eigenvalue weighted by Crippen LogP contribution is -2.37. The summed E-state index contributed by atoms with van der Waals surface area (Å²) >= 11 is 1.75. The van der Waals surface area contributed by atoms with Crippen molar-refractivity contribution in [2.45, 2.75) is 18.4 Å². The number of thioether (sulfide) groups is 1. The fourth-order valence-corrected chi connectivity index (χ4v) is 5.60. The lowest BCUT2D eigenvalue weighted by Gasteiger charge is -2.25. The average Bonchev–Trinajstić information content (AvgIpc) is 3.24. The molecule has 1 fully saturated rings. The van der Waals surface area contributed by atoms with Gasteiger partial charge >= 0.3 is 0 Å². The van der Waals surface area contributed by atoms with Crippen molar-refractivity contribution in [2.24, 2.45) is 0 Å². The number of benzene rings is 1. The van der Waals surface area contributed by atoms with E-state index in [4.69, 9.17) is 4.74 Å². The van der Waals surface area contributed by atoms with Gasteiger partial charge in [0.05, 0.1) is 7.11 Å². The van der Waals surface area contributed by atoms with Crippen LogP contribution in [0.1, 0.15) is 23.0 Å². The molecule has 1 amide bonds. The molecule has 1 N–H and O–H groups in total. The molecular formula is C19H25N3O4S2. The molecule has 1 aliphatic heterocycles. The molecule has 0 bridgehead atoms. The number of nitrogens with one attached hydrogen (secondary N) is 1. The van der Waals surface area contributed by atoms with Gasteiger partial charge in [0.25, 0.3) is 5.91 Å².